The number of hydrogen-bond acceptors (Lipinski definition) is 3. The van der Waals surface area contributed by atoms with Crippen molar-refractivity contribution in [2.45, 2.75) is 32.2 Å². The topological polar surface area (TPSA) is 42.2 Å². The largest absolute Gasteiger partial charge is 0.353 e. The highest BCUT2D eigenvalue weighted by molar-refractivity contribution is 5.45. The van der Waals surface area contributed by atoms with E-state index in [0.717, 1.165) is 18.9 Å². The van der Waals surface area contributed by atoms with Crippen molar-refractivity contribution < 1.29 is 0 Å². The monoisotopic (exact) mass is 205 g/mol. The minimum absolute atomic E-state index is 0.185. The van der Waals surface area contributed by atoms with Gasteiger partial charge in [0.25, 0.3) is 0 Å². The van der Waals surface area contributed by atoms with Crippen LogP contribution in [-0.4, -0.2) is 24.1 Å². The number of pyridine rings is 1. The van der Waals surface area contributed by atoms with Crippen LogP contribution < -0.4 is 10.6 Å². The maximum atomic E-state index is 5.76. The molecule has 0 bridgehead atoms. The molecule has 0 amide bonds. The predicted octanol–water partition coefficient (Wildman–Crippen LogP) is 1.53. The number of hydrogen-bond donors (Lipinski definition) is 1. The molecule has 1 aliphatic rings. The highest BCUT2D eigenvalue weighted by Crippen LogP contribution is 2.26. The first-order chi connectivity index (χ1) is 6.97. The zero-order valence-corrected chi connectivity index (χ0v) is 9.70. The van der Waals surface area contributed by atoms with Gasteiger partial charge in [-0.1, -0.05) is 20.8 Å². The maximum Gasteiger partial charge on any atom is 0.128 e. The summed E-state index contributed by atoms with van der Waals surface area (Å²) in [5.74, 6) is 1.06. The Hall–Kier alpha value is -1.09. The first kappa shape index (κ1) is 10.4. The molecule has 2 rings (SSSR count). The molecule has 0 unspecified atom stereocenters. The van der Waals surface area contributed by atoms with Crippen molar-refractivity contribution >= 4 is 5.82 Å². The summed E-state index contributed by atoms with van der Waals surface area (Å²) >= 11 is 0. The summed E-state index contributed by atoms with van der Waals surface area (Å²) in [7, 11) is 0. The average molecular weight is 205 g/mol. The SMILES string of the molecule is CC(C)(C)c1ccnc(N2CC(N)C2)c1. The van der Waals surface area contributed by atoms with Crippen LogP contribution in [0.5, 0.6) is 0 Å². The first-order valence-corrected chi connectivity index (χ1v) is 5.44. The van der Waals surface area contributed by atoms with Gasteiger partial charge in [-0.2, -0.15) is 0 Å². The zero-order valence-electron chi connectivity index (χ0n) is 9.70. The molecule has 0 saturated carbocycles. The van der Waals surface area contributed by atoms with Crippen LogP contribution in [-0.2, 0) is 5.41 Å². The van der Waals surface area contributed by atoms with Gasteiger partial charge in [-0.25, -0.2) is 4.98 Å². The Balaban J connectivity index is 2.20. The Morgan fingerprint density at radius 3 is 2.60 bits per heavy atom. The van der Waals surface area contributed by atoms with Crippen LogP contribution in [0.15, 0.2) is 18.3 Å². The molecule has 82 valence electrons. The van der Waals surface area contributed by atoms with E-state index in [1.54, 1.807) is 0 Å². The fourth-order valence-corrected chi connectivity index (χ4v) is 1.76. The predicted molar refractivity (Wildman–Crippen MR) is 63.1 cm³/mol. The third kappa shape index (κ3) is 2.12. The molecule has 0 aliphatic carbocycles. The van der Waals surface area contributed by atoms with Gasteiger partial charge in [-0.05, 0) is 23.1 Å². The molecule has 1 saturated heterocycles. The highest BCUT2D eigenvalue weighted by Gasteiger charge is 2.25. The normalized spacial score (nSPS) is 17.7. The lowest BCUT2D eigenvalue weighted by atomic mass is 9.87. The van der Waals surface area contributed by atoms with Crippen LogP contribution in [0.1, 0.15) is 26.3 Å². The van der Waals surface area contributed by atoms with E-state index in [9.17, 15) is 0 Å². The highest BCUT2D eigenvalue weighted by atomic mass is 15.3. The molecule has 1 fully saturated rings. The maximum absolute atomic E-state index is 5.76. The Morgan fingerprint density at radius 2 is 2.07 bits per heavy atom. The molecular weight excluding hydrogens is 186 g/mol. The Labute approximate surface area is 91.3 Å². The van der Waals surface area contributed by atoms with Crippen LogP contribution in [0, 0.1) is 0 Å². The molecule has 15 heavy (non-hydrogen) atoms. The van der Waals surface area contributed by atoms with Gasteiger partial charge in [-0.15, -0.1) is 0 Å². The Morgan fingerprint density at radius 1 is 1.40 bits per heavy atom. The van der Waals surface area contributed by atoms with Crippen molar-refractivity contribution in [3.05, 3.63) is 23.9 Å². The molecule has 0 spiro atoms. The Bertz CT molecular complexity index is 348. The van der Waals surface area contributed by atoms with Gasteiger partial charge in [0.2, 0.25) is 0 Å². The summed E-state index contributed by atoms with van der Waals surface area (Å²) in [5, 5.41) is 0. The van der Waals surface area contributed by atoms with Gasteiger partial charge < -0.3 is 10.6 Å². The third-order valence-corrected chi connectivity index (χ3v) is 2.85. The fraction of sp³-hybridized carbons (Fsp3) is 0.583. The molecule has 0 radical (unpaired) electrons. The quantitative estimate of drug-likeness (QED) is 0.756. The second-order valence-electron chi connectivity index (χ2n) is 5.32. The molecule has 0 atom stereocenters. The van der Waals surface area contributed by atoms with Crippen molar-refractivity contribution in [2.75, 3.05) is 18.0 Å². The second kappa shape index (κ2) is 3.49. The van der Waals surface area contributed by atoms with E-state index >= 15 is 0 Å². The first-order valence-electron chi connectivity index (χ1n) is 5.44. The van der Waals surface area contributed by atoms with Crippen molar-refractivity contribution in [3.63, 3.8) is 0 Å². The van der Waals surface area contributed by atoms with E-state index in [-0.39, 0.29) is 5.41 Å². The molecule has 0 aromatic carbocycles. The fourth-order valence-electron chi connectivity index (χ4n) is 1.76. The summed E-state index contributed by atoms with van der Waals surface area (Å²) in [6, 6.07) is 4.58. The van der Waals surface area contributed by atoms with Crippen LogP contribution in [0.2, 0.25) is 0 Å². The smallest absolute Gasteiger partial charge is 0.128 e. The van der Waals surface area contributed by atoms with Crippen molar-refractivity contribution in [1.82, 2.24) is 4.98 Å². The van der Waals surface area contributed by atoms with E-state index in [1.807, 2.05) is 6.20 Å². The van der Waals surface area contributed by atoms with E-state index in [1.165, 1.54) is 5.56 Å². The number of nitrogens with zero attached hydrogens (tertiary/aromatic N) is 2. The van der Waals surface area contributed by atoms with Crippen molar-refractivity contribution in [2.24, 2.45) is 5.73 Å². The third-order valence-electron chi connectivity index (χ3n) is 2.85. The minimum Gasteiger partial charge on any atom is -0.353 e. The molecule has 2 N–H and O–H groups in total. The minimum atomic E-state index is 0.185. The second-order valence-corrected chi connectivity index (χ2v) is 5.32. The standard InChI is InChI=1S/C12H19N3/c1-12(2,3)9-4-5-14-11(6-9)15-7-10(13)8-15/h4-6,10H,7-8,13H2,1-3H3. The van der Waals surface area contributed by atoms with Gasteiger partial charge in [0.05, 0.1) is 0 Å². The van der Waals surface area contributed by atoms with Crippen LogP contribution in [0.3, 0.4) is 0 Å². The molecule has 1 aliphatic heterocycles. The molecule has 1 aromatic heterocycles. The van der Waals surface area contributed by atoms with E-state index in [0.29, 0.717) is 6.04 Å². The molecule has 3 heteroatoms. The molecular formula is C12H19N3. The Kier molecular flexibility index (Phi) is 2.43. The molecule has 1 aromatic rings. The molecule has 3 nitrogen and oxygen atoms in total. The lowest BCUT2D eigenvalue weighted by molar-refractivity contribution is 0.513. The van der Waals surface area contributed by atoms with Crippen molar-refractivity contribution in [1.29, 1.82) is 0 Å². The summed E-state index contributed by atoms with van der Waals surface area (Å²) in [6.45, 7) is 8.51. The summed E-state index contributed by atoms with van der Waals surface area (Å²) in [6.07, 6.45) is 1.89. The van der Waals surface area contributed by atoms with E-state index < -0.39 is 0 Å². The summed E-state index contributed by atoms with van der Waals surface area (Å²) < 4.78 is 0. The van der Waals surface area contributed by atoms with Crippen molar-refractivity contribution in [3.8, 4) is 0 Å². The zero-order chi connectivity index (χ0) is 11.1. The van der Waals surface area contributed by atoms with Gasteiger partial charge >= 0.3 is 0 Å². The average Bonchev–Trinajstić information content (AvgIpc) is 2.12. The van der Waals surface area contributed by atoms with Crippen LogP contribution in [0.4, 0.5) is 5.82 Å². The van der Waals surface area contributed by atoms with E-state index in [2.05, 4.69) is 42.8 Å². The van der Waals surface area contributed by atoms with Crippen LogP contribution in [0.25, 0.3) is 0 Å². The lowest BCUT2D eigenvalue weighted by Gasteiger charge is -2.38. The summed E-state index contributed by atoms with van der Waals surface area (Å²) in [4.78, 5) is 6.60. The number of aromatic nitrogens is 1. The number of rotatable bonds is 1. The van der Waals surface area contributed by atoms with Gasteiger partial charge in [0.15, 0.2) is 0 Å². The summed E-state index contributed by atoms with van der Waals surface area (Å²) in [5.41, 5.74) is 7.27. The number of nitrogens with two attached hydrogens (primary N) is 1. The molecule has 2 heterocycles. The lowest BCUT2D eigenvalue weighted by Crippen LogP contribution is -2.56. The van der Waals surface area contributed by atoms with Gasteiger partial charge in [0.1, 0.15) is 5.82 Å². The van der Waals surface area contributed by atoms with Crippen LogP contribution >= 0.6 is 0 Å². The number of anilines is 1. The van der Waals surface area contributed by atoms with Gasteiger partial charge in [-0.3, -0.25) is 0 Å². The van der Waals surface area contributed by atoms with Gasteiger partial charge in [0, 0.05) is 25.3 Å². The van der Waals surface area contributed by atoms with E-state index in [4.69, 9.17) is 5.73 Å².